The number of nitrogens with one attached hydrogen (secondary N) is 2. The zero-order valence-electron chi connectivity index (χ0n) is 25.4. The summed E-state index contributed by atoms with van der Waals surface area (Å²) in [6, 6.07) is 10.3. The van der Waals surface area contributed by atoms with Gasteiger partial charge >= 0.3 is 0 Å². The molecule has 1 atom stereocenters. The minimum Gasteiger partial charge on any atom is -0.483 e. The lowest BCUT2D eigenvalue weighted by atomic mass is 10.0. The van der Waals surface area contributed by atoms with Crippen LogP contribution in [-0.4, -0.2) is 93.4 Å². The predicted octanol–water partition coefficient (Wildman–Crippen LogP) is 3.74. The van der Waals surface area contributed by atoms with Gasteiger partial charge in [0.1, 0.15) is 6.07 Å². The third kappa shape index (κ3) is 7.11. The van der Waals surface area contributed by atoms with Crippen LogP contribution in [-0.2, 0) is 9.59 Å². The van der Waals surface area contributed by atoms with Crippen molar-refractivity contribution >= 4 is 47.0 Å². The van der Waals surface area contributed by atoms with Gasteiger partial charge in [0.25, 0.3) is 12.4 Å². The number of aryl methyl sites for hydroxylation is 1. The molecule has 0 aliphatic carbocycles. The maximum atomic E-state index is 14.8. The van der Waals surface area contributed by atoms with Crippen molar-refractivity contribution in [3.63, 3.8) is 0 Å². The number of anilines is 2. The van der Waals surface area contributed by atoms with Crippen molar-refractivity contribution in [2.24, 2.45) is 5.92 Å². The maximum absolute atomic E-state index is 14.8. The van der Waals surface area contributed by atoms with Crippen LogP contribution in [0.5, 0.6) is 5.75 Å². The molecule has 2 saturated heterocycles. The number of imidazole rings is 1. The van der Waals surface area contributed by atoms with E-state index in [-0.39, 0.29) is 41.6 Å². The van der Waals surface area contributed by atoms with Gasteiger partial charge in [-0.15, -0.1) is 0 Å². The van der Waals surface area contributed by atoms with Crippen molar-refractivity contribution in [3.05, 3.63) is 70.9 Å². The Morgan fingerprint density at radius 3 is 2.64 bits per heavy atom. The molecular weight excluding hydrogens is 631 g/mol. The average molecular weight is 663 g/mol. The number of carboxylic acid groups (broad SMARTS) is 1. The molecule has 2 aromatic heterocycles. The summed E-state index contributed by atoms with van der Waals surface area (Å²) < 4.78 is 21.7. The number of carbonyl (C=O) groups excluding carboxylic acids is 2. The summed E-state index contributed by atoms with van der Waals surface area (Å²) in [5.41, 5.74) is 3.55. The molecular formula is C32H32ClFN8O5. The molecule has 3 N–H and O–H groups in total. The topological polar surface area (TPSA) is 165 Å². The summed E-state index contributed by atoms with van der Waals surface area (Å²) in [7, 11) is 0. The number of piperazine rings is 1. The van der Waals surface area contributed by atoms with Crippen molar-refractivity contribution in [2.45, 2.75) is 13.3 Å². The number of ether oxygens (including phenoxy) is 1. The number of halogens is 2. The van der Waals surface area contributed by atoms with Crippen LogP contribution in [0.2, 0.25) is 5.02 Å². The first-order valence-electron chi connectivity index (χ1n) is 14.8. The Morgan fingerprint density at radius 2 is 1.96 bits per heavy atom. The number of hydrogen-bond acceptors (Lipinski definition) is 9. The molecule has 13 nitrogen and oxygen atoms in total. The lowest BCUT2D eigenvalue weighted by Gasteiger charge is -2.36. The number of amides is 2. The fourth-order valence-electron chi connectivity index (χ4n) is 5.70. The number of rotatable bonds is 7. The Labute approximate surface area is 274 Å². The maximum Gasteiger partial charge on any atom is 0.290 e. The molecule has 4 heterocycles. The van der Waals surface area contributed by atoms with Crippen LogP contribution in [0.15, 0.2) is 48.9 Å². The molecule has 0 bridgehead atoms. The van der Waals surface area contributed by atoms with E-state index in [4.69, 9.17) is 31.5 Å². The van der Waals surface area contributed by atoms with Crippen LogP contribution in [0.25, 0.3) is 16.9 Å². The van der Waals surface area contributed by atoms with E-state index in [9.17, 15) is 14.0 Å². The molecule has 2 aromatic carbocycles. The highest BCUT2D eigenvalue weighted by Crippen LogP contribution is 2.36. The number of nitriles is 1. The first kappa shape index (κ1) is 33.1. The monoisotopic (exact) mass is 662 g/mol. The molecule has 47 heavy (non-hydrogen) atoms. The van der Waals surface area contributed by atoms with Crippen molar-refractivity contribution in [3.8, 4) is 23.1 Å². The van der Waals surface area contributed by atoms with Crippen LogP contribution in [0.3, 0.4) is 0 Å². The average Bonchev–Trinajstić information content (AvgIpc) is 3.77. The summed E-state index contributed by atoms with van der Waals surface area (Å²) in [5, 5.41) is 22.0. The Kier molecular flexibility index (Phi) is 10.5. The Bertz CT molecular complexity index is 1830. The highest BCUT2D eigenvalue weighted by atomic mass is 35.5. The molecule has 244 valence electrons. The molecule has 0 unspecified atom stereocenters. The zero-order valence-corrected chi connectivity index (χ0v) is 26.2. The first-order valence-corrected chi connectivity index (χ1v) is 15.2. The molecule has 6 rings (SSSR count). The number of nitrogens with zero attached hydrogens (tertiary/aromatic N) is 6. The van der Waals surface area contributed by atoms with E-state index >= 15 is 0 Å². The largest absolute Gasteiger partial charge is 0.483 e. The smallest absolute Gasteiger partial charge is 0.290 e. The lowest BCUT2D eigenvalue weighted by molar-refractivity contribution is -0.136. The molecule has 2 aliphatic heterocycles. The molecule has 0 spiro atoms. The minimum absolute atomic E-state index is 0.0386. The van der Waals surface area contributed by atoms with E-state index < -0.39 is 5.82 Å². The highest BCUT2D eigenvalue weighted by molar-refractivity contribution is 6.33. The van der Waals surface area contributed by atoms with E-state index in [0.29, 0.717) is 60.2 Å². The van der Waals surface area contributed by atoms with E-state index in [1.807, 2.05) is 24.0 Å². The highest BCUT2D eigenvalue weighted by Gasteiger charge is 2.31. The van der Waals surface area contributed by atoms with Gasteiger partial charge < -0.3 is 30.3 Å². The van der Waals surface area contributed by atoms with Crippen molar-refractivity contribution < 1.29 is 28.6 Å². The predicted molar refractivity (Wildman–Crippen MR) is 171 cm³/mol. The molecule has 2 fully saturated rings. The zero-order chi connectivity index (χ0) is 33.5. The van der Waals surface area contributed by atoms with Crippen LogP contribution in [0.1, 0.15) is 22.3 Å². The van der Waals surface area contributed by atoms with Crippen LogP contribution in [0, 0.1) is 30.0 Å². The number of aromatic nitrogens is 3. The van der Waals surface area contributed by atoms with Crippen LogP contribution in [0.4, 0.5) is 15.9 Å². The summed E-state index contributed by atoms with van der Waals surface area (Å²) in [6.07, 6.45) is 5.73. The van der Waals surface area contributed by atoms with E-state index in [0.717, 1.165) is 25.1 Å². The van der Waals surface area contributed by atoms with E-state index in [2.05, 4.69) is 20.6 Å². The molecule has 0 saturated carbocycles. The quantitative estimate of drug-likeness (QED) is 0.248. The Balaban J connectivity index is 0.00000139. The van der Waals surface area contributed by atoms with Crippen molar-refractivity contribution in [1.29, 1.82) is 5.26 Å². The molecule has 4 aromatic rings. The first-order chi connectivity index (χ1) is 22.8. The van der Waals surface area contributed by atoms with Crippen molar-refractivity contribution in [1.82, 2.24) is 29.5 Å². The van der Waals surface area contributed by atoms with Gasteiger partial charge in [-0.3, -0.25) is 18.8 Å². The summed E-state index contributed by atoms with van der Waals surface area (Å²) in [5.74, 6) is -0.252. The number of fused-ring (bicyclic) bond motifs is 1. The van der Waals surface area contributed by atoms with E-state index in [1.165, 1.54) is 6.07 Å². The second kappa shape index (κ2) is 14.9. The number of hydrogen-bond donors (Lipinski definition) is 3. The SMILES string of the molecule is Cc1cc(Nc2nccn3c(-c4ccc(OCC#N)c(F)c4Cl)cnc23)ccc1C(=O)N1CCN(C(=O)[C@H]2CCNC2)CC1.O=CO. The van der Waals surface area contributed by atoms with Crippen LogP contribution >= 0.6 is 11.6 Å². The second-order valence-corrected chi connectivity index (χ2v) is 11.2. The van der Waals surface area contributed by atoms with Crippen molar-refractivity contribution in [2.75, 3.05) is 51.2 Å². The van der Waals surface area contributed by atoms with Gasteiger partial charge in [-0.25, -0.2) is 14.4 Å². The fraction of sp³-hybridized carbons (Fsp3) is 0.312. The van der Waals surface area contributed by atoms with Gasteiger partial charge in [-0.1, -0.05) is 11.6 Å². The third-order valence-electron chi connectivity index (χ3n) is 8.05. The Hall–Kier alpha value is -5.26. The van der Waals surface area contributed by atoms with Gasteiger partial charge in [0.15, 0.2) is 29.6 Å². The van der Waals surface area contributed by atoms with Gasteiger partial charge in [0.05, 0.1) is 22.8 Å². The fourth-order valence-corrected chi connectivity index (χ4v) is 5.95. The molecule has 0 radical (unpaired) electrons. The van der Waals surface area contributed by atoms with Gasteiger partial charge in [-0.2, -0.15) is 5.26 Å². The molecule has 2 amide bonds. The standard InChI is InChI=1S/C31H30ClFN8O3.CH2O2/c1-19-16-21(2-3-22(19)31(43)40-13-11-39(12-14-40)30(42)20-6-8-35-17-20)38-28-29-37-18-24(41(29)10-9-36-28)23-4-5-25(44-15-7-34)27(33)26(23)32;2-1-3/h2-5,9-10,16,18,20,35H,6,8,11-15,17H2,1H3,(H,36,38);1H,(H,2,3)/t20-;/m0./s1. The Morgan fingerprint density at radius 1 is 1.21 bits per heavy atom. The van der Waals surface area contributed by atoms with Crippen LogP contribution < -0.4 is 15.4 Å². The van der Waals surface area contributed by atoms with Gasteiger partial charge in [0.2, 0.25) is 5.91 Å². The summed E-state index contributed by atoms with van der Waals surface area (Å²) in [6.45, 7) is 5.02. The third-order valence-corrected chi connectivity index (χ3v) is 8.42. The number of benzene rings is 2. The lowest BCUT2D eigenvalue weighted by Crippen LogP contribution is -2.52. The summed E-state index contributed by atoms with van der Waals surface area (Å²) in [4.78, 5) is 47.1. The molecule has 15 heteroatoms. The number of carbonyl (C=O) groups is 3. The normalized spacial score (nSPS) is 15.8. The van der Waals surface area contributed by atoms with Gasteiger partial charge in [0, 0.05) is 61.9 Å². The second-order valence-electron chi connectivity index (χ2n) is 10.9. The molecule has 2 aliphatic rings. The van der Waals surface area contributed by atoms with E-state index in [1.54, 1.807) is 46.1 Å². The summed E-state index contributed by atoms with van der Waals surface area (Å²) >= 11 is 6.34. The van der Waals surface area contributed by atoms with Gasteiger partial charge in [-0.05, 0) is 55.8 Å². The minimum atomic E-state index is -0.760.